The van der Waals surface area contributed by atoms with Gasteiger partial charge in [0.2, 0.25) is 0 Å². The second kappa shape index (κ2) is 5.62. The van der Waals surface area contributed by atoms with Crippen LogP contribution in [0.2, 0.25) is 0 Å². The molecule has 0 spiro atoms. The van der Waals surface area contributed by atoms with Crippen molar-refractivity contribution in [3.63, 3.8) is 0 Å². The molecule has 3 nitrogen and oxygen atoms in total. The van der Waals surface area contributed by atoms with E-state index in [9.17, 15) is 0 Å². The smallest absolute Gasteiger partial charge is 0.0865 e. The number of rotatable bonds is 5. The van der Waals surface area contributed by atoms with Gasteiger partial charge >= 0.3 is 0 Å². The highest BCUT2D eigenvalue weighted by Crippen LogP contribution is 2.08. The van der Waals surface area contributed by atoms with Crippen LogP contribution in [0.3, 0.4) is 0 Å². The van der Waals surface area contributed by atoms with Crippen LogP contribution in [0.15, 0.2) is 24.3 Å². The first-order chi connectivity index (χ1) is 6.76. The number of aryl methyl sites for hydroxylation is 1. The lowest BCUT2D eigenvalue weighted by molar-refractivity contribution is 0.120. The maximum absolute atomic E-state index is 5.51. The molecule has 0 heterocycles. The summed E-state index contributed by atoms with van der Waals surface area (Å²) in [5, 5.41) is 3.27. The van der Waals surface area contributed by atoms with Gasteiger partial charge in [0, 0.05) is 25.9 Å². The number of ether oxygens (including phenoxy) is 1. The fourth-order valence-corrected chi connectivity index (χ4v) is 1.17. The van der Waals surface area contributed by atoms with E-state index in [2.05, 4.69) is 36.5 Å². The number of nitrogens with one attached hydrogen (secondary N) is 1. The summed E-state index contributed by atoms with van der Waals surface area (Å²) in [6.45, 7) is 3.35. The Kier molecular flexibility index (Phi) is 4.43. The van der Waals surface area contributed by atoms with Gasteiger partial charge in [-0.2, -0.15) is 0 Å². The summed E-state index contributed by atoms with van der Waals surface area (Å²) in [5.41, 5.74) is 7.87. The van der Waals surface area contributed by atoms with Gasteiger partial charge in [-0.05, 0) is 19.1 Å². The summed E-state index contributed by atoms with van der Waals surface area (Å²) in [5.74, 6) is 0. The fourth-order valence-electron chi connectivity index (χ4n) is 1.17. The summed E-state index contributed by atoms with van der Waals surface area (Å²) in [7, 11) is 1.67. The number of methoxy groups -OCH3 is 1. The summed E-state index contributed by atoms with van der Waals surface area (Å²) < 4.78 is 5.16. The van der Waals surface area contributed by atoms with Crippen LogP contribution in [0.4, 0.5) is 5.69 Å². The molecule has 1 aromatic rings. The van der Waals surface area contributed by atoms with Crippen molar-refractivity contribution >= 4 is 5.69 Å². The van der Waals surface area contributed by atoms with Gasteiger partial charge in [0.15, 0.2) is 0 Å². The van der Waals surface area contributed by atoms with Crippen LogP contribution in [0.25, 0.3) is 0 Å². The molecular formula is C11H18N2O. The Balaban J connectivity index is 2.41. The van der Waals surface area contributed by atoms with Crippen LogP contribution < -0.4 is 11.1 Å². The largest absolute Gasteiger partial charge is 0.382 e. The quantitative estimate of drug-likeness (QED) is 0.744. The molecule has 0 aromatic heterocycles. The van der Waals surface area contributed by atoms with Crippen molar-refractivity contribution in [3.8, 4) is 0 Å². The lowest BCUT2D eigenvalue weighted by Gasteiger charge is -2.14. The molecule has 1 atom stereocenters. The topological polar surface area (TPSA) is 47.3 Å². The van der Waals surface area contributed by atoms with Crippen molar-refractivity contribution < 1.29 is 4.74 Å². The molecule has 78 valence electrons. The number of anilines is 1. The van der Waals surface area contributed by atoms with Crippen molar-refractivity contribution in [1.29, 1.82) is 0 Å². The molecule has 0 fully saturated rings. The second-order valence-electron chi connectivity index (χ2n) is 3.34. The maximum Gasteiger partial charge on any atom is 0.0865 e. The van der Waals surface area contributed by atoms with Gasteiger partial charge in [-0.15, -0.1) is 0 Å². The molecule has 14 heavy (non-hydrogen) atoms. The predicted octanol–water partition coefficient (Wildman–Crippen LogP) is 1.38. The molecule has 1 rings (SSSR count). The predicted molar refractivity (Wildman–Crippen MR) is 59.5 cm³/mol. The molecule has 1 unspecified atom stereocenters. The third-order valence-corrected chi connectivity index (χ3v) is 2.18. The van der Waals surface area contributed by atoms with E-state index in [1.807, 2.05) is 0 Å². The van der Waals surface area contributed by atoms with E-state index in [1.54, 1.807) is 7.11 Å². The average Bonchev–Trinajstić information content (AvgIpc) is 2.22. The first kappa shape index (κ1) is 11.0. The van der Waals surface area contributed by atoms with Crippen molar-refractivity contribution in [1.82, 2.24) is 0 Å². The van der Waals surface area contributed by atoms with E-state index in [4.69, 9.17) is 10.5 Å². The Morgan fingerprint density at radius 1 is 1.36 bits per heavy atom. The van der Waals surface area contributed by atoms with E-state index in [0.717, 1.165) is 12.2 Å². The fraction of sp³-hybridized carbons (Fsp3) is 0.455. The first-order valence-electron chi connectivity index (χ1n) is 4.79. The van der Waals surface area contributed by atoms with Gasteiger partial charge in [0.25, 0.3) is 0 Å². The highest BCUT2D eigenvalue weighted by Gasteiger charge is 2.02. The minimum Gasteiger partial charge on any atom is -0.382 e. The zero-order valence-corrected chi connectivity index (χ0v) is 8.79. The molecule has 0 aliphatic carbocycles. The van der Waals surface area contributed by atoms with E-state index >= 15 is 0 Å². The summed E-state index contributed by atoms with van der Waals surface area (Å²) in [6, 6.07) is 8.26. The highest BCUT2D eigenvalue weighted by molar-refractivity contribution is 5.44. The molecule has 0 radical (unpaired) electrons. The zero-order chi connectivity index (χ0) is 10.4. The molecular weight excluding hydrogens is 176 g/mol. The lowest BCUT2D eigenvalue weighted by Crippen LogP contribution is -2.29. The Labute approximate surface area is 85.3 Å². The Morgan fingerprint density at radius 3 is 2.50 bits per heavy atom. The Hall–Kier alpha value is -1.06. The van der Waals surface area contributed by atoms with E-state index in [0.29, 0.717) is 6.54 Å². The van der Waals surface area contributed by atoms with Gasteiger partial charge < -0.3 is 15.8 Å². The summed E-state index contributed by atoms with van der Waals surface area (Å²) in [4.78, 5) is 0. The van der Waals surface area contributed by atoms with Gasteiger partial charge in [0.1, 0.15) is 0 Å². The van der Waals surface area contributed by atoms with Gasteiger partial charge in [0.05, 0.1) is 6.10 Å². The van der Waals surface area contributed by atoms with Crippen LogP contribution in [0.5, 0.6) is 0 Å². The monoisotopic (exact) mass is 194 g/mol. The standard InChI is InChI=1S/C11H18N2O/c1-9-3-5-10(6-4-9)13-8-11(7-12)14-2/h3-6,11,13H,7-8,12H2,1-2H3. The van der Waals surface area contributed by atoms with E-state index in [-0.39, 0.29) is 6.10 Å². The second-order valence-corrected chi connectivity index (χ2v) is 3.34. The van der Waals surface area contributed by atoms with Crippen LogP contribution in [-0.2, 0) is 4.74 Å². The van der Waals surface area contributed by atoms with E-state index < -0.39 is 0 Å². The molecule has 3 N–H and O–H groups in total. The van der Waals surface area contributed by atoms with Crippen molar-refractivity contribution in [2.45, 2.75) is 13.0 Å². The summed E-state index contributed by atoms with van der Waals surface area (Å²) in [6.07, 6.45) is 0.0799. The maximum atomic E-state index is 5.51. The highest BCUT2D eigenvalue weighted by atomic mass is 16.5. The van der Waals surface area contributed by atoms with Crippen LogP contribution >= 0.6 is 0 Å². The molecule has 0 aliphatic heterocycles. The third kappa shape index (κ3) is 3.36. The van der Waals surface area contributed by atoms with Gasteiger partial charge in [-0.1, -0.05) is 17.7 Å². The first-order valence-corrected chi connectivity index (χ1v) is 4.79. The molecule has 0 amide bonds. The van der Waals surface area contributed by atoms with Crippen molar-refractivity contribution in [3.05, 3.63) is 29.8 Å². The minimum absolute atomic E-state index is 0.0799. The number of hydrogen-bond acceptors (Lipinski definition) is 3. The molecule has 0 saturated heterocycles. The Morgan fingerprint density at radius 2 is 2.00 bits per heavy atom. The van der Waals surface area contributed by atoms with Gasteiger partial charge in [-0.3, -0.25) is 0 Å². The molecule has 0 bridgehead atoms. The van der Waals surface area contributed by atoms with Gasteiger partial charge in [-0.25, -0.2) is 0 Å². The van der Waals surface area contributed by atoms with Crippen LogP contribution in [0.1, 0.15) is 5.56 Å². The number of hydrogen-bond donors (Lipinski definition) is 2. The normalized spacial score (nSPS) is 12.5. The van der Waals surface area contributed by atoms with Crippen LogP contribution in [-0.4, -0.2) is 26.3 Å². The molecule has 1 aromatic carbocycles. The van der Waals surface area contributed by atoms with Crippen LogP contribution in [0, 0.1) is 6.92 Å². The van der Waals surface area contributed by atoms with E-state index in [1.165, 1.54) is 5.56 Å². The molecule has 0 saturated carbocycles. The lowest BCUT2D eigenvalue weighted by atomic mass is 10.2. The average molecular weight is 194 g/mol. The third-order valence-electron chi connectivity index (χ3n) is 2.18. The minimum atomic E-state index is 0.0799. The zero-order valence-electron chi connectivity index (χ0n) is 8.79. The molecule has 3 heteroatoms. The Bertz CT molecular complexity index is 254. The SMILES string of the molecule is COC(CN)CNc1ccc(C)cc1. The van der Waals surface area contributed by atoms with Crippen molar-refractivity contribution in [2.75, 3.05) is 25.5 Å². The summed E-state index contributed by atoms with van der Waals surface area (Å²) >= 11 is 0. The number of benzene rings is 1. The molecule has 0 aliphatic rings. The number of nitrogens with two attached hydrogens (primary N) is 1. The van der Waals surface area contributed by atoms with Crippen molar-refractivity contribution in [2.24, 2.45) is 5.73 Å².